The van der Waals surface area contributed by atoms with E-state index in [4.69, 9.17) is 23.2 Å². The van der Waals surface area contributed by atoms with Gasteiger partial charge in [-0.3, -0.25) is 5.10 Å². The van der Waals surface area contributed by atoms with Crippen molar-refractivity contribution in [2.75, 3.05) is 0 Å². The Balaban J connectivity index is 1.85. The Morgan fingerprint density at radius 1 is 1.12 bits per heavy atom. The number of aromatic nitrogens is 3. The molecule has 0 aliphatic rings. The zero-order chi connectivity index (χ0) is 17.8. The van der Waals surface area contributed by atoms with Crippen LogP contribution in [0.2, 0.25) is 10.0 Å². The summed E-state index contributed by atoms with van der Waals surface area (Å²) in [5, 5.41) is 19.5. The smallest absolute Gasteiger partial charge is 0.213 e. The van der Waals surface area contributed by atoms with Gasteiger partial charge in [0.2, 0.25) is 5.16 Å². The van der Waals surface area contributed by atoms with Gasteiger partial charge in [0, 0.05) is 20.5 Å². The van der Waals surface area contributed by atoms with E-state index in [-0.39, 0.29) is 10.1 Å². The molecule has 0 bridgehead atoms. The fourth-order valence-corrected chi connectivity index (χ4v) is 3.00. The second-order valence-corrected chi connectivity index (χ2v) is 6.75. The first-order valence-corrected chi connectivity index (χ1v) is 8.64. The van der Waals surface area contributed by atoms with Crippen molar-refractivity contribution in [1.29, 1.82) is 0 Å². The Morgan fingerprint density at radius 2 is 1.84 bits per heavy atom. The van der Waals surface area contributed by atoms with Crippen LogP contribution in [0.15, 0.2) is 58.6 Å². The molecule has 0 saturated carbocycles. The van der Waals surface area contributed by atoms with Crippen LogP contribution in [0.5, 0.6) is 0 Å². The Hall–Kier alpha value is -2.28. The molecule has 3 aromatic rings. The number of nitrogens with one attached hydrogen (secondary N) is 1. The molecule has 1 aromatic heterocycles. The SMILES string of the molecule is O=C([O-])/C(=C/c1ccccc1Cl)Sc1n[nH]c(-c2ccc(Cl)cc2)n1. The van der Waals surface area contributed by atoms with E-state index in [0.717, 1.165) is 17.3 Å². The number of halogens is 2. The number of hydrogen-bond donors (Lipinski definition) is 1. The summed E-state index contributed by atoms with van der Waals surface area (Å²) < 4.78 is 0. The lowest BCUT2D eigenvalue weighted by atomic mass is 10.2. The Kier molecular flexibility index (Phi) is 5.43. The van der Waals surface area contributed by atoms with Crippen LogP contribution in [-0.2, 0) is 4.79 Å². The minimum atomic E-state index is -1.33. The monoisotopic (exact) mass is 390 g/mol. The maximum absolute atomic E-state index is 11.4. The van der Waals surface area contributed by atoms with Crippen molar-refractivity contribution < 1.29 is 9.90 Å². The van der Waals surface area contributed by atoms with Gasteiger partial charge in [-0.1, -0.05) is 41.4 Å². The quantitative estimate of drug-likeness (QED) is 0.530. The fraction of sp³-hybridized carbons (Fsp3) is 0. The lowest BCUT2D eigenvalue weighted by Crippen LogP contribution is -2.23. The van der Waals surface area contributed by atoms with Gasteiger partial charge < -0.3 is 9.90 Å². The molecule has 1 N–H and O–H groups in total. The summed E-state index contributed by atoms with van der Waals surface area (Å²) in [5.41, 5.74) is 1.36. The van der Waals surface area contributed by atoms with E-state index in [1.54, 1.807) is 48.5 Å². The molecule has 0 radical (unpaired) electrons. The van der Waals surface area contributed by atoms with Gasteiger partial charge in [-0.05, 0) is 53.7 Å². The zero-order valence-corrected chi connectivity index (χ0v) is 14.9. The van der Waals surface area contributed by atoms with Crippen LogP contribution < -0.4 is 5.11 Å². The minimum Gasteiger partial charge on any atom is -0.544 e. The Bertz CT molecular complexity index is 939. The fourth-order valence-electron chi connectivity index (χ4n) is 1.99. The maximum Gasteiger partial charge on any atom is 0.213 e. The van der Waals surface area contributed by atoms with Gasteiger partial charge in [-0.25, -0.2) is 4.98 Å². The summed E-state index contributed by atoms with van der Waals surface area (Å²) in [4.78, 5) is 15.6. The van der Waals surface area contributed by atoms with Gasteiger partial charge in [0.05, 0.1) is 5.97 Å². The summed E-state index contributed by atoms with van der Waals surface area (Å²) in [5.74, 6) is -0.822. The molecule has 0 amide bonds. The standard InChI is InChI=1S/C17H11Cl2N3O2S/c18-12-7-5-10(6-8-12)15-20-17(22-21-15)25-14(16(23)24)9-11-3-1-2-4-13(11)19/h1-9H,(H,23,24)(H,20,21,22)/p-1/b14-9-. The van der Waals surface area contributed by atoms with Crippen molar-refractivity contribution in [2.24, 2.45) is 0 Å². The Morgan fingerprint density at radius 3 is 2.52 bits per heavy atom. The van der Waals surface area contributed by atoms with Crippen molar-refractivity contribution in [3.63, 3.8) is 0 Å². The van der Waals surface area contributed by atoms with Gasteiger partial charge in [-0.15, -0.1) is 5.10 Å². The van der Waals surface area contributed by atoms with Crippen LogP contribution >= 0.6 is 35.0 Å². The van der Waals surface area contributed by atoms with Gasteiger partial charge in [-0.2, -0.15) is 0 Å². The highest BCUT2D eigenvalue weighted by atomic mass is 35.5. The first-order chi connectivity index (χ1) is 12.0. The number of aliphatic carboxylic acids is 1. The average Bonchev–Trinajstić information content (AvgIpc) is 3.05. The molecule has 1 heterocycles. The number of aromatic amines is 1. The number of hydrogen-bond acceptors (Lipinski definition) is 5. The van der Waals surface area contributed by atoms with Crippen LogP contribution in [-0.4, -0.2) is 21.2 Å². The maximum atomic E-state index is 11.4. The van der Waals surface area contributed by atoms with Crippen LogP contribution in [0.3, 0.4) is 0 Å². The third kappa shape index (κ3) is 4.42. The summed E-state index contributed by atoms with van der Waals surface area (Å²) in [6.45, 7) is 0. The molecule has 0 aliphatic heterocycles. The predicted molar refractivity (Wildman–Crippen MR) is 97.1 cm³/mol. The van der Waals surface area contributed by atoms with Gasteiger partial charge in [0.1, 0.15) is 0 Å². The van der Waals surface area contributed by atoms with E-state index >= 15 is 0 Å². The first kappa shape index (κ1) is 17.5. The van der Waals surface area contributed by atoms with E-state index in [2.05, 4.69) is 15.2 Å². The number of H-pyrrole nitrogens is 1. The normalized spacial score (nSPS) is 11.5. The number of benzene rings is 2. The van der Waals surface area contributed by atoms with Crippen molar-refractivity contribution >= 4 is 47.0 Å². The summed E-state index contributed by atoms with van der Waals surface area (Å²) in [6, 6.07) is 14.0. The summed E-state index contributed by atoms with van der Waals surface area (Å²) in [6.07, 6.45) is 1.43. The molecule has 0 aliphatic carbocycles. The molecule has 0 unspecified atom stereocenters. The van der Waals surface area contributed by atoms with E-state index in [9.17, 15) is 9.90 Å². The largest absolute Gasteiger partial charge is 0.544 e. The zero-order valence-electron chi connectivity index (χ0n) is 12.6. The molecule has 3 rings (SSSR count). The number of carbonyl (C=O) groups excluding carboxylic acids is 1. The highest BCUT2D eigenvalue weighted by molar-refractivity contribution is 8.04. The van der Waals surface area contributed by atoms with Crippen LogP contribution in [0.4, 0.5) is 0 Å². The molecule has 0 saturated heterocycles. The molecule has 25 heavy (non-hydrogen) atoms. The third-order valence-electron chi connectivity index (χ3n) is 3.18. The molecule has 0 atom stereocenters. The van der Waals surface area contributed by atoms with Crippen LogP contribution in [0.25, 0.3) is 17.5 Å². The number of carboxylic acids is 1. The van der Waals surface area contributed by atoms with E-state index < -0.39 is 5.97 Å². The Labute approximate surface area is 157 Å². The topological polar surface area (TPSA) is 81.7 Å². The van der Waals surface area contributed by atoms with Gasteiger partial charge >= 0.3 is 0 Å². The number of carboxylic acid groups (broad SMARTS) is 1. The predicted octanol–water partition coefficient (Wildman–Crippen LogP) is 3.66. The van der Waals surface area contributed by atoms with Gasteiger partial charge in [0.15, 0.2) is 5.82 Å². The third-order valence-corrected chi connectivity index (χ3v) is 4.64. The highest BCUT2D eigenvalue weighted by Crippen LogP contribution is 2.28. The number of thioether (sulfide) groups is 1. The van der Waals surface area contributed by atoms with Crippen molar-refractivity contribution in [3.05, 3.63) is 69.0 Å². The van der Waals surface area contributed by atoms with E-state index in [1.807, 2.05) is 0 Å². The molecule has 8 heteroatoms. The summed E-state index contributed by atoms with van der Waals surface area (Å²) >= 11 is 12.8. The second-order valence-electron chi connectivity index (χ2n) is 4.89. The average molecular weight is 391 g/mol. The van der Waals surface area contributed by atoms with E-state index in [0.29, 0.717) is 21.4 Å². The van der Waals surface area contributed by atoms with Crippen LogP contribution in [0, 0.1) is 0 Å². The highest BCUT2D eigenvalue weighted by Gasteiger charge is 2.10. The molecular weight excluding hydrogens is 381 g/mol. The molecule has 2 aromatic carbocycles. The van der Waals surface area contributed by atoms with Gasteiger partial charge in [0.25, 0.3) is 0 Å². The van der Waals surface area contributed by atoms with Crippen LogP contribution in [0.1, 0.15) is 5.56 Å². The van der Waals surface area contributed by atoms with E-state index in [1.165, 1.54) is 6.08 Å². The minimum absolute atomic E-state index is 0.0465. The lowest BCUT2D eigenvalue weighted by molar-refractivity contribution is -0.297. The van der Waals surface area contributed by atoms with Crippen molar-refractivity contribution in [1.82, 2.24) is 15.2 Å². The lowest BCUT2D eigenvalue weighted by Gasteiger charge is -2.06. The molecular formula is C17H10Cl2N3O2S-. The number of carbonyl (C=O) groups is 1. The molecule has 126 valence electrons. The molecule has 0 fully saturated rings. The second kappa shape index (κ2) is 7.74. The summed E-state index contributed by atoms with van der Waals surface area (Å²) in [7, 11) is 0. The molecule has 5 nitrogen and oxygen atoms in total. The number of rotatable bonds is 5. The van der Waals surface area contributed by atoms with Crippen molar-refractivity contribution in [2.45, 2.75) is 5.16 Å². The molecule has 0 spiro atoms. The first-order valence-electron chi connectivity index (χ1n) is 7.06. The van der Waals surface area contributed by atoms with Crippen molar-refractivity contribution in [3.8, 4) is 11.4 Å². The number of nitrogens with zero attached hydrogens (tertiary/aromatic N) is 2.